The van der Waals surface area contributed by atoms with E-state index in [2.05, 4.69) is 34.9 Å². The third-order valence-electron chi connectivity index (χ3n) is 4.96. The number of carbonyl (C=O) groups is 2. The SMILES string of the molecule is Cc1cc(C)c(NC2=CC(=O)C(Nc3c(C)cc(C)cc3C)=CC2=O)c(C)c1. The number of benzene rings is 2. The molecule has 0 spiro atoms. The van der Waals surface area contributed by atoms with Crippen molar-refractivity contribution in [2.75, 3.05) is 10.6 Å². The number of ketones is 2. The molecular weight excluding hydrogens is 348 g/mol. The largest absolute Gasteiger partial charge is 0.352 e. The summed E-state index contributed by atoms with van der Waals surface area (Å²) in [4.78, 5) is 25.3. The van der Waals surface area contributed by atoms with Crippen LogP contribution in [0.4, 0.5) is 11.4 Å². The van der Waals surface area contributed by atoms with Gasteiger partial charge >= 0.3 is 0 Å². The van der Waals surface area contributed by atoms with Crippen molar-refractivity contribution >= 4 is 22.9 Å². The highest BCUT2D eigenvalue weighted by Crippen LogP contribution is 2.27. The molecule has 0 aliphatic heterocycles. The Morgan fingerprint density at radius 2 is 0.821 bits per heavy atom. The van der Waals surface area contributed by atoms with Crippen LogP contribution in [0.15, 0.2) is 47.8 Å². The van der Waals surface area contributed by atoms with E-state index in [4.69, 9.17) is 0 Å². The van der Waals surface area contributed by atoms with Gasteiger partial charge in [-0.15, -0.1) is 0 Å². The van der Waals surface area contributed by atoms with Crippen molar-refractivity contribution in [3.63, 3.8) is 0 Å². The summed E-state index contributed by atoms with van der Waals surface area (Å²) < 4.78 is 0. The molecule has 4 nitrogen and oxygen atoms in total. The first kappa shape index (κ1) is 19.6. The van der Waals surface area contributed by atoms with E-state index in [1.165, 1.54) is 12.2 Å². The molecule has 0 bridgehead atoms. The van der Waals surface area contributed by atoms with Crippen LogP contribution in [0.2, 0.25) is 0 Å². The lowest BCUT2D eigenvalue weighted by atomic mass is 10.0. The molecule has 144 valence electrons. The third kappa shape index (κ3) is 3.91. The lowest BCUT2D eigenvalue weighted by Crippen LogP contribution is -2.22. The van der Waals surface area contributed by atoms with Gasteiger partial charge in [-0.05, 0) is 63.8 Å². The normalized spacial score (nSPS) is 13.9. The number of hydrogen-bond donors (Lipinski definition) is 2. The molecule has 0 radical (unpaired) electrons. The van der Waals surface area contributed by atoms with E-state index in [0.717, 1.165) is 44.8 Å². The Kier molecular flexibility index (Phi) is 5.23. The standard InChI is InChI=1S/C24H26N2O2/c1-13-7-15(3)23(16(4)8-13)25-19-11-22(28)20(12-21(19)27)26-24-17(5)9-14(2)10-18(24)6/h7-12,25-26H,1-6H3. The lowest BCUT2D eigenvalue weighted by molar-refractivity contribution is -0.115. The first-order valence-electron chi connectivity index (χ1n) is 9.37. The summed E-state index contributed by atoms with van der Waals surface area (Å²) in [5.74, 6) is -0.437. The van der Waals surface area contributed by atoms with Crippen molar-refractivity contribution in [2.24, 2.45) is 0 Å². The number of anilines is 2. The minimum atomic E-state index is -0.219. The van der Waals surface area contributed by atoms with Gasteiger partial charge in [0.15, 0.2) is 0 Å². The Morgan fingerprint density at radius 3 is 1.11 bits per heavy atom. The number of carbonyl (C=O) groups excluding carboxylic acids is 2. The maximum Gasteiger partial charge on any atom is 0.204 e. The molecule has 2 aromatic rings. The predicted molar refractivity (Wildman–Crippen MR) is 115 cm³/mol. The van der Waals surface area contributed by atoms with Crippen molar-refractivity contribution < 1.29 is 9.59 Å². The van der Waals surface area contributed by atoms with Crippen LogP contribution in [0.5, 0.6) is 0 Å². The van der Waals surface area contributed by atoms with E-state index < -0.39 is 0 Å². The second kappa shape index (κ2) is 7.47. The number of aryl methyl sites for hydroxylation is 6. The summed E-state index contributed by atoms with van der Waals surface area (Å²) in [5, 5.41) is 6.32. The van der Waals surface area contributed by atoms with Crippen molar-refractivity contribution in [1.82, 2.24) is 0 Å². The zero-order valence-electron chi connectivity index (χ0n) is 17.3. The first-order chi connectivity index (χ1) is 13.2. The van der Waals surface area contributed by atoms with Crippen LogP contribution >= 0.6 is 0 Å². The van der Waals surface area contributed by atoms with Crippen LogP contribution < -0.4 is 10.6 Å². The van der Waals surface area contributed by atoms with Crippen LogP contribution in [-0.2, 0) is 9.59 Å². The van der Waals surface area contributed by atoms with E-state index in [0.29, 0.717) is 11.4 Å². The van der Waals surface area contributed by atoms with Crippen LogP contribution in [-0.4, -0.2) is 11.6 Å². The van der Waals surface area contributed by atoms with Crippen molar-refractivity contribution in [2.45, 2.75) is 41.5 Å². The number of allylic oxidation sites excluding steroid dienone is 2. The Labute approximate surface area is 166 Å². The maximum atomic E-state index is 12.7. The minimum absolute atomic E-state index is 0.219. The van der Waals surface area contributed by atoms with Gasteiger partial charge in [-0.3, -0.25) is 9.59 Å². The second-order valence-electron chi connectivity index (χ2n) is 7.64. The number of nitrogens with one attached hydrogen (secondary N) is 2. The topological polar surface area (TPSA) is 58.2 Å². The fourth-order valence-electron chi connectivity index (χ4n) is 3.78. The van der Waals surface area contributed by atoms with Gasteiger partial charge in [0.25, 0.3) is 0 Å². The van der Waals surface area contributed by atoms with E-state index in [1.54, 1.807) is 0 Å². The molecule has 3 rings (SSSR count). The number of rotatable bonds is 4. The van der Waals surface area contributed by atoms with Gasteiger partial charge in [0, 0.05) is 23.5 Å². The zero-order chi connectivity index (χ0) is 20.6. The van der Waals surface area contributed by atoms with Gasteiger partial charge in [-0.1, -0.05) is 35.4 Å². The molecule has 0 unspecified atom stereocenters. The minimum Gasteiger partial charge on any atom is -0.352 e. The molecule has 0 fully saturated rings. The Morgan fingerprint density at radius 1 is 0.536 bits per heavy atom. The highest BCUT2D eigenvalue weighted by molar-refractivity contribution is 6.22. The van der Waals surface area contributed by atoms with Gasteiger partial charge in [-0.2, -0.15) is 0 Å². The smallest absolute Gasteiger partial charge is 0.204 e. The monoisotopic (exact) mass is 374 g/mol. The second-order valence-corrected chi connectivity index (χ2v) is 7.64. The summed E-state index contributed by atoms with van der Waals surface area (Å²) in [6.45, 7) is 12.0. The molecule has 0 saturated heterocycles. The summed E-state index contributed by atoms with van der Waals surface area (Å²) in [7, 11) is 0. The molecule has 0 aromatic heterocycles. The molecule has 0 heterocycles. The van der Waals surface area contributed by atoms with Gasteiger partial charge in [0.1, 0.15) is 0 Å². The Balaban J connectivity index is 1.85. The average molecular weight is 374 g/mol. The Hall–Kier alpha value is -3.14. The number of hydrogen-bond acceptors (Lipinski definition) is 4. The van der Waals surface area contributed by atoms with E-state index in [1.807, 2.05) is 41.5 Å². The van der Waals surface area contributed by atoms with E-state index >= 15 is 0 Å². The molecular formula is C24H26N2O2. The molecule has 28 heavy (non-hydrogen) atoms. The predicted octanol–water partition coefficient (Wildman–Crippen LogP) is 4.98. The summed E-state index contributed by atoms with van der Waals surface area (Å²) in [5.41, 5.74) is 8.81. The van der Waals surface area contributed by atoms with E-state index in [-0.39, 0.29) is 11.6 Å². The van der Waals surface area contributed by atoms with Gasteiger partial charge < -0.3 is 10.6 Å². The lowest BCUT2D eigenvalue weighted by Gasteiger charge is -2.20. The molecule has 2 N–H and O–H groups in total. The maximum absolute atomic E-state index is 12.7. The Bertz CT molecular complexity index is 927. The molecule has 0 saturated carbocycles. The highest BCUT2D eigenvalue weighted by atomic mass is 16.1. The van der Waals surface area contributed by atoms with Crippen molar-refractivity contribution in [3.05, 3.63) is 81.2 Å². The van der Waals surface area contributed by atoms with E-state index in [9.17, 15) is 9.59 Å². The summed E-state index contributed by atoms with van der Waals surface area (Å²) in [6.07, 6.45) is 2.75. The summed E-state index contributed by atoms with van der Waals surface area (Å²) in [6, 6.07) is 8.21. The summed E-state index contributed by atoms with van der Waals surface area (Å²) >= 11 is 0. The average Bonchev–Trinajstić information content (AvgIpc) is 2.57. The van der Waals surface area contributed by atoms with Gasteiger partial charge in [0.05, 0.1) is 11.4 Å². The van der Waals surface area contributed by atoms with Gasteiger partial charge in [0.2, 0.25) is 11.6 Å². The van der Waals surface area contributed by atoms with Gasteiger partial charge in [-0.25, -0.2) is 0 Å². The fourth-order valence-corrected chi connectivity index (χ4v) is 3.78. The zero-order valence-corrected chi connectivity index (χ0v) is 17.3. The van der Waals surface area contributed by atoms with Crippen molar-refractivity contribution in [3.8, 4) is 0 Å². The molecule has 1 aliphatic carbocycles. The highest BCUT2D eigenvalue weighted by Gasteiger charge is 2.22. The molecule has 4 heteroatoms. The third-order valence-corrected chi connectivity index (χ3v) is 4.96. The molecule has 0 atom stereocenters. The fraction of sp³-hybridized carbons (Fsp3) is 0.250. The molecule has 2 aromatic carbocycles. The molecule has 1 aliphatic rings. The van der Waals surface area contributed by atoms with Crippen LogP contribution in [0.3, 0.4) is 0 Å². The van der Waals surface area contributed by atoms with Crippen LogP contribution in [0.25, 0.3) is 0 Å². The van der Waals surface area contributed by atoms with Crippen molar-refractivity contribution in [1.29, 1.82) is 0 Å². The quantitative estimate of drug-likeness (QED) is 0.741. The van der Waals surface area contributed by atoms with Crippen LogP contribution in [0.1, 0.15) is 33.4 Å². The van der Waals surface area contributed by atoms with Crippen LogP contribution in [0, 0.1) is 41.5 Å². The first-order valence-corrected chi connectivity index (χ1v) is 9.37. The molecule has 0 amide bonds.